The number of hydrogen-bond donors (Lipinski definition) is 0. The van der Waals surface area contributed by atoms with Gasteiger partial charge in [0.1, 0.15) is 0 Å². The van der Waals surface area contributed by atoms with Gasteiger partial charge < -0.3 is 4.57 Å². The van der Waals surface area contributed by atoms with E-state index in [1.807, 2.05) is 17.4 Å². The maximum atomic E-state index is 5.58. The second-order valence-electron chi connectivity index (χ2n) is 12.0. The minimum absolute atomic E-state index is 1.01. The highest BCUT2D eigenvalue weighted by molar-refractivity contribution is 7.19. The van der Waals surface area contributed by atoms with E-state index in [0.717, 1.165) is 18.5 Å². The highest BCUT2D eigenvalue weighted by Gasteiger charge is 2.27. The molecule has 1 aliphatic rings. The van der Waals surface area contributed by atoms with Crippen LogP contribution in [0.15, 0.2) is 146 Å². The summed E-state index contributed by atoms with van der Waals surface area (Å²) in [6, 6.07) is 43.8. The molecule has 0 fully saturated rings. The van der Waals surface area contributed by atoms with Crippen molar-refractivity contribution in [3.63, 3.8) is 0 Å². The predicted molar refractivity (Wildman–Crippen MR) is 204 cm³/mol. The molecular weight excluding hydrogens is 587 g/mol. The SMILES string of the molecule is C#C/C=C\C=C(/C)c1ccc2c(c1-c1sc(-c3ccccc3-c3ccccc3)c3c1CCC=C3)c1ccccc1n2-c1ccccc1. The van der Waals surface area contributed by atoms with Crippen LogP contribution < -0.4 is 0 Å². The summed E-state index contributed by atoms with van der Waals surface area (Å²) in [7, 11) is 0. The lowest BCUT2D eigenvalue weighted by Gasteiger charge is -2.16. The molecule has 1 aliphatic carbocycles. The van der Waals surface area contributed by atoms with Gasteiger partial charge in [-0.05, 0) is 83.5 Å². The van der Waals surface area contributed by atoms with Crippen molar-refractivity contribution in [2.45, 2.75) is 19.8 Å². The molecule has 7 aromatic rings. The van der Waals surface area contributed by atoms with Crippen molar-refractivity contribution in [1.82, 2.24) is 4.57 Å². The van der Waals surface area contributed by atoms with Gasteiger partial charge in [-0.2, -0.15) is 0 Å². The number of aromatic nitrogens is 1. The molecule has 2 aromatic heterocycles. The first-order valence-electron chi connectivity index (χ1n) is 16.1. The topological polar surface area (TPSA) is 4.93 Å². The fourth-order valence-corrected chi connectivity index (χ4v) is 8.54. The van der Waals surface area contributed by atoms with Gasteiger partial charge in [-0.3, -0.25) is 0 Å². The van der Waals surface area contributed by atoms with E-state index in [4.69, 9.17) is 6.42 Å². The Hall–Kier alpha value is -5.62. The fraction of sp³-hybridized carbons (Fsp3) is 0.0667. The summed E-state index contributed by atoms with van der Waals surface area (Å²) in [5, 5.41) is 2.55. The zero-order valence-electron chi connectivity index (χ0n) is 26.3. The molecule has 0 radical (unpaired) electrons. The Labute approximate surface area is 280 Å². The molecule has 47 heavy (non-hydrogen) atoms. The summed E-state index contributed by atoms with van der Waals surface area (Å²) < 4.78 is 2.42. The van der Waals surface area contributed by atoms with E-state index < -0.39 is 0 Å². The average Bonchev–Trinajstić information content (AvgIpc) is 3.68. The van der Waals surface area contributed by atoms with E-state index in [1.54, 1.807) is 6.08 Å². The third kappa shape index (κ3) is 4.97. The quantitative estimate of drug-likeness (QED) is 0.129. The Bertz CT molecular complexity index is 2410. The van der Waals surface area contributed by atoms with Gasteiger partial charge in [0.2, 0.25) is 0 Å². The van der Waals surface area contributed by atoms with Gasteiger partial charge in [0.15, 0.2) is 0 Å². The van der Waals surface area contributed by atoms with Crippen LogP contribution in [-0.2, 0) is 6.42 Å². The number of allylic oxidation sites excluding steroid dienone is 5. The third-order valence-corrected chi connectivity index (χ3v) is 10.5. The molecule has 0 unspecified atom stereocenters. The van der Waals surface area contributed by atoms with Crippen LogP contribution in [-0.4, -0.2) is 4.57 Å². The number of rotatable bonds is 6. The van der Waals surface area contributed by atoms with Crippen molar-refractivity contribution in [3.8, 4) is 50.0 Å². The van der Waals surface area contributed by atoms with Crippen molar-refractivity contribution in [1.29, 1.82) is 0 Å². The molecule has 0 atom stereocenters. The van der Waals surface area contributed by atoms with Gasteiger partial charge in [0.05, 0.1) is 11.0 Å². The molecule has 0 amide bonds. The van der Waals surface area contributed by atoms with Crippen molar-refractivity contribution < 1.29 is 0 Å². The van der Waals surface area contributed by atoms with Crippen molar-refractivity contribution in [2.75, 3.05) is 0 Å². The number of para-hydroxylation sites is 2. The molecule has 224 valence electrons. The van der Waals surface area contributed by atoms with E-state index in [0.29, 0.717) is 0 Å². The first-order chi connectivity index (χ1) is 23.2. The van der Waals surface area contributed by atoms with Crippen LogP contribution in [0.5, 0.6) is 0 Å². The highest BCUT2D eigenvalue weighted by Crippen LogP contribution is 2.52. The molecule has 0 bridgehead atoms. The lowest BCUT2D eigenvalue weighted by Crippen LogP contribution is -1.97. The Kier molecular flexibility index (Phi) is 7.54. The zero-order chi connectivity index (χ0) is 31.7. The summed E-state index contributed by atoms with van der Waals surface area (Å²) >= 11 is 1.94. The highest BCUT2D eigenvalue weighted by atomic mass is 32.1. The lowest BCUT2D eigenvalue weighted by atomic mass is 9.88. The summed E-state index contributed by atoms with van der Waals surface area (Å²) in [6.07, 6.45) is 18.2. The molecule has 0 N–H and O–H groups in total. The van der Waals surface area contributed by atoms with Crippen molar-refractivity contribution >= 4 is 44.8 Å². The van der Waals surface area contributed by atoms with Crippen LogP contribution in [0.25, 0.3) is 71.2 Å². The molecule has 0 spiro atoms. The van der Waals surface area contributed by atoms with E-state index >= 15 is 0 Å². The van der Waals surface area contributed by atoms with Crippen LogP contribution in [0.1, 0.15) is 30.0 Å². The van der Waals surface area contributed by atoms with Crippen LogP contribution in [0.4, 0.5) is 0 Å². The van der Waals surface area contributed by atoms with E-state index in [9.17, 15) is 0 Å². The van der Waals surface area contributed by atoms with Gasteiger partial charge in [0, 0.05) is 37.3 Å². The fourth-order valence-electron chi connectivity index (χ4n) is 7.10. The standard InChI is InChI=1S/C45H33NS/c1-3-4-7-18-31(2)34-29-30-41-42(39-27-16-17-28-40(39)46(41)33-21-10-6-11-22-33)43(34)45-38-26-15-14-25-37(38)44(47-45)36-24-13-12-23-35(36)32-19-8-5-9-20-32/h1,4-14,16-25,27-30H,15,26H2,2H3/b7-4-,31-18+. The Balaban J connectivity index is 1.49. The van der Waals surface area contributed by atoms with Crippen molar-refractivity contribution in [2.24, 2.45) is 0 Å². The van der Waals surface area contributed by atoms with Gasteiger partial charge in [0.25, 0.3) is 0 Å². The normalized spacial score (nSPS) is 13.0. The smallest absolute Gasteiger partial charge is 0.0548 e. The molecule has 2 heteroatoms. The maximum Gasteiger partial charge on any atom is 0.0548 e. The van der Waals surface area contributed by atoms with Crippen LogP contribution in [0.2, 0.25) is 0 Å². The summed E-state index contributed by atoms with van der Waals surface area (Å²) in [6.45, 7) is 2.20. The largest absolute Gasteiger partial charge is 0.309 e. The van der Waals surface area contributed by atoms with E-state index in [-0.39, 0.29) is 0 Å². The second-order valence-corrected chi connectivity index (χ2v) is 13.0. The van der Waals surface area contributed by atoms with Crippen molar-refractivity contribution in [3.05, 3.63) is 162 Å². The van der Waals surface area contributed by atoms with Gasteiger partial charge >= 0.3 is 0 Å². The molecule has 0 saturated carbocycles. The lowest BCUT2D eigenvalue weighted by molar-refractivity contribution is 0.996. The number of nitrogens with zero attached hydrogens (tertiary/aromatic N) is 1. The van der Waals surface area contributed by atoms with Gasteiger partial charge in [-0.25, -0.2) is 0 Å². The second kappa shape index (κ2) is 12.3. The molecule has 0 aliphatic heterocycles. The maximum absolute atomic E-state index is 5.58. The Morgan fingerprint density at radius 2 is 1.49 bits per heavy atom. The minimum atomic E-state index is 1.01. The van der Waals surface area contributed by atoms with Gasteiger partial charge in [-0.15, -0.1) is 17.8 Å². The summed E-state index contributed by atoms with van der Waals surface area (Å²) in [4.78, 5) is 2.68. The van der Waals surface area contributed by atoms with Crippen LogP contribution in [0.3, 0.4) is 0 Å². The first kappa shape index (κ1) is 28.8. The number of fused-ring (bicyclic) bond motifs is 4. The molecular formula is C45H33NS. The van der Waals surface area contributed by atoms with E-state index in [1.165, 1.54) is 76.1 Å². The Morgan fingerprint density at radius 3 is 2.30 bits per heavy atom. The summed E-state index contributed by atoms with van der Waals surface area (Å²) in [5.41, 5.74) is 13.9. The molecule has 0 saturated heterocycles. The molecule has 2 heterocycles. The molecule has 8 rings (SSSR count). The van der Waals surface area contributed by atoms with E-state index in [2.05, 4.69) is 157 Å². The number of hydrogen-bond acceptors (Lipinski definition) is 1. The third-order valence-electron chi connectivity index (χ3n) is 9.19. The predicted octanol–water partition coefficient (Wildman–Crippen LogP) is 12.4. The van der Waals surface area contributed by atoms with Crippen LogP contribution >= 0.6 is 11.3 Å². The minimum Gasteiger partial charge on any atom is -0.309 e. The first-order valence-corrected chi connectivity index (χ1v) is 16.9. The Morgan fingerprint density at radius 1 is 0.766 bits per heavy atom. The monoisotopic (exact) mass is 619 g/mol. The zero-order valence-corrected chi connectivity index (χ0v) is 27.1. The number of benzene rings is 5. The number of thiophene rings is 1. The van der Waals surface area contributed by atoms with Gasteiger partial charge in [-0.1, -0.05) is 127 Å². The molecule has 5 aromatic carbocycles. The summed E-state index contributed by atoms with van der Waals surface area (Å²) in [5.74, 6) is 2.64. The number of terminal acetylenes is 1. The average molecular weight is 620 g/mol. The molecule has 1 nitrogen and oxygen atoms in total. The van der Waals surface area contributed by atoms with Crippen LogP contribution in [0, 0.1) is 12.3 Å².